The van der Waals surface area contributed by atoms with Crippen LogP contribution in [0.5, 0.6) is 0 Å². The first-order valence-corrected chi connectivity index (χ1v) is 9.21. The molecule has 0 aromatic heterocycles. The molecular formula is C22H23N3O2. The van der Waals surface area contributed by atoms with Crippen molar-refractivity contribution in [3.05, 3.63) is 82.6 Å². The van der Waals surface area contributed by atoms with Crippen LogP contribution in [0.2, 0.25) is 0 Å². The maximum atomic E-state index is 13.2. The average molecular weight is 361 g/mol. The van der Waals surface area contributed by atoms with Crippen LogP contribution < -0.4 is 5.32 Å². The van der Waals surface area contributed by atoms with E-state index in [2.05, 4.69) is 17.4 Å². The lowest BCUT2D eigenvalue weighted by atomic mass is 9.95. The summed E-state index contributed by atoms with van der Waals surface area (Å²) in [5.41, 5.74) is 4.78. The van der Waals surface area contributed by atoms with Gasteiger partial charge in [0.1, 0.15) is 0 Å². The van der Waals surface area contributed by atoms with Gasteiger partial charge in [0.05, 0.1) is 23.9 Å². The molecule has 2 heterocycles. The fourth-order valence-electron chi connectivity index (χ4n) is 3.72. The van der Waals surface area contributed by atoms with Crippen LogP contribution in [0.1, 0.15) is 22.7 Å². The van der Waals surface area contributed by atoms with Crippen LogP contribution >= 0.6 is 0 Å². The predicted octanol–water partition coefficient (Wildman–Crippen LogP) is 3.03. The topological polar surface area (TPSA) is 52.7 Å². The highest BCUT2D eigenvalue weighted by atomic mass is 16.2. The maximum Gasteiger partial charge on any atom is 0.322 e. The van der Waals surface area contributed by atoms with Crippen molar-refractivity contribution in [2.75, 3.05) is 20.1 Å². The Hall–Kier alpha value is -3.08. The Bertz CT molecular complexity index is 903. The van der Waals surface area contributed by atoms with Crippen molar-refractivity contribution in [2.24, 2.45) is 0 Å². The summed E-state index contributed by atoms with van der Waals surface area (Å²) in [6.45, 7) is 3.14. The first-order valence-electron chi connectivity index (χ1n) is 9.21. The second-order valence-electron chi connectivity index (χ2n) is 7.17. The first kappa shape index (κ1) is 17.3. The number of benzene rings is 2. The SMILES string of the molecule is Cc1ccc(C2NC(=O)N(C)C3=C2C(=O)N(CCc2ccccc2)C3)cc1. The normalized spacial score (nSPS) is 19.4. The predicted molar refractivity (Wildman–Crippen MR) is 104 cm³/mol. The Kier molecular flexibility index (Phi) is 4.44. The molecule has 0 saturated heterocycles. The zero-order chi connectivity index (χ0) is 19.0. The Morgan fingerprint density at radius 2 is 1.74 bits per heavy atom. The summed E-state index contributed by atoms with van der Waals surface area (Å²) in [7, 11) is 1.73. The van der Waals surface area contributed by atoms with Gasteiger partial charge in [0.2, 0.25) is 0 Å². The van der Waals surface area contributed by atoms with Gasteiger partial charge in [0.25, 0.3) is 5.91 Å². The van der Waals surface area contributed by atoms with Gasteiger partial charge in [-0.3, -0.25) is 9.69 Å². The molecule has 2 aliphatic heterocycles. The van der Waals surface area contributed by atoms with E-state index < -0.39 is 6.04 Å². The Labute approximate surface area is 159 Å². The second-order valence-corrected chi connectivity index (χ2v) is 7.17. The van der Waals surface area contributed by atoms with Gasteiger partial charge in [0.15, 0.2) is 0 Å². The van der Waals surface area contributed by atoms with Gasteiger partial charge in [-0.15, -0.1) is 0 Å². The summed E-state index contributed by atoms with van der Waals surface area (Å²) in [6, 6.07) is 17.6. The highest BCUT2D eigenvalue weighted by Gasteiger charge is 2.42. The van der Waals surface area contributed by atoms with Crippen molar-refractivity contribution in [3.63, 3.8) is 0 Å². The zero-order valence-electron chi connectivity index (χ0n) is 15.6. The van der Waals surface area contributed by atoms with E-state index in [-0.39, 0.29) is 11.9 Å². The molecule has 0 aliphatic carbocycles. The minimum atomic E-state index is -0.390. The van der Waals surface area contributed by atoms with Crippen LogP contribution in [-0.2, 0) is 11.2 Å². The van der Waals surface area contributed by atoms with Crippen molar-refractivity contribution in [3.8, 4) is 0 Å². The molecular weight excluding hydrogens is 338 g/mol. The molecule has 1 atom stereocenters. The smallest absolute Gasteiger partial charge is 0.322 e. The lowest BCUT2D eigenvalue weighted by Crippen LogP contribution is -2.45. The van der Waals surface area contributed by atoms with Gasteiger partial charge in [-0.2, -0.15) is 0 Å². The number of nitrogens with zero attached hydrogens (tertiary/aromatic N) is 2. The average Bonchev–Trinajstić information content (AvgIpc) is 3.01. The summed E-state index contributed by atoms with van der Waals surface area (Å²) in [6.07, 6.45) is 0.799. The van der Waals surface area contributed by atoms with Crippen molar-refractivity contribution < 1.29 is 9.59 Å². The number of hydrogen-bond acceptors (Lipinski definition) is 2. The lowest BCUT2D eigenvalue weighted by Gasteiger charge is -2.31. The van der Waals surface area contributed by atoms with Crippen LogP contribution in [0.15, 0.2) is 65.9 Å². The van der Waals surface area contributed by atoms with E-state index in [0.29, 0.717) is 18.7 Å². The van der Waals surface area contributed by atoms with Crippen LogP contribution in [0.25, 0.3) is 0 Å². The van der Waals surface area contributed by atoms with Gasteiger partial charge >= 0.3 is 6.03 Å². The van der Waals surface area contributed by atoms with Gasteiger partial charge in [-0.05, 0) is 24.5 Å². The molecule has 4 rings (SSSR count). The molecule has 2 aromatic carbocycles. The van der Waals surface area contributed by atoms with Crippen LogP contribution in [0, 0.1) is 6.92 Å². The largest absolute Gasteiger partial charge is 0.333 e. The molecule has 3 amide bonds. The van der Waals surface area contributed by atoms with Gasteiger partial charge < -0.3 is 10.2 Å². The molecule has 1 N–H and O–H groups in total. The molecule has 0 spiro atoms. The molecule has 27 heavy (non-hydrogen) atoms. The molecule has 2 aromatic rings. The van der Waals surface area contributed by atoms with Crippen molar-refractivity contribution >= 4 is 11.9 Å². The molecule has 1 unspecified atom stereocenters. The van der Waals surface area contributed by atoms with Crippen LogP contribution in [-0.4, -0.2) is 41.9 Å². The van der Waals surface area contributed by atoms with E-state index in [0.717, 1.165) is 23.2 Å². The first-order chi connectivity index (χ1) is 13.0. The van der Waals surface area contributed by atoms with Crippen molar-refractivity contribution in [2.45, 2.75) is 19.4 Å². The number of carbonyl (C=O) groups is 2. The summed E-state index contributed by atoms with van der Waals surface area (Å²) < 4.78 is 0. The summed E-state index contributed by atoms with van der Waals surface area (Å²) in [5, 5.41) is 2.98. The van der Waals surface area contributed by atoms with E-state index in [1.807, 2.05) is 54.3 Å². The molecule has 0 saturated carbocycles. The third-order valence-electron chi connectivity index (χ3n) is 5.36. The lowest BCUT2D eigenvalue weighted by molar-refractivity contribution is -0.125. The number of hydrogen-bond donors (Lipinski definition) is 1. The molecule has 138 valence electrons. The Morgan fingerprint density at radius 1 is 1.04 bits per heavy atom. The van der Waals surface area contributed by atoms with Crippen molar-refractivity contribution in [1.29, 1.82) is 0 Å². The number of likely N-dealkylation sites (N-methyl/N-ethyl adjacent to an activating group) is 1. The summed E-state index contributed by atoms with van der Waals surface area (Å²) in [5.74, 6) is 0.0124. The molecule has 0 radical (unpaired) electrons. The van der Waals surface area contributed by atoms with E-state index in [4.69, 9.17) is 0 Å². The second kappa shape index (κ2) is 6.91. The number of aryl methyl sites for hydroxylation is 1. The number of urea groups is 1. The quantitative estimate of drug-likeness (QED) is 0.910. The highest BCUT2D eigenvalue weighted by Crippen LogP contribution is 2.35. The molecule has 2 aliphatic rings. The molecule has 5 nitrogen and oxygen atoms in total. The third kappa shape index (κ3) is 3.21. The molecule has 5 heteroatoms. The van der Waals surface area contributed by atoms with Crippen LogP contribution in [0.3, 0.4) is 0 Å². The van der Waals surface area contributed by atoms with Gasteiger partial charge in [-0.1, -0.05) is 60.2 Å². The summed E-state index contributed by atoms with van der Waals surface area (Å²) >= 11 is 0. The molecule has 0 bridgehead atoms. The Morgan fingerprint density at radius 3 is 2.44 bits per heavy atom. The number of nitrogens with one attached hydrogen (secondary N) is 1. The van der Waals surface area contributed by atoms with E-state index >= 15 is 0 Å². The van der Waals surface area contributed by atoms with Gasteiger partial charge in [-0.25, -0.2) is 4.79 Å². The van der Waals surface area contributed by atoms with Crippen molar-refractivity contribution in [1.82, 2.24) is 15.1 Å². The minimum absolute atomic E-state index is 0.0124. The zero-order valence-corrected chi connectivity index (χ0v) is 15.6. The summed E-state index contributed by atoms with van der Waals surface area (Å²) in [4.78, 5) is 29.0. The number of rotatable bonds is 4. The minimum Gasteiger partial charge on any atom is -0.333 e. The Balaban J connectivity index is 1.59. The van der Waals surface area contributed by atoms with E-state index in [9.17, 15) is 9.59 Å². The monoisotopic (exact) mass is 361 g/mol. The standard InChI is InChI=1S/C22H23N3O2/c1-15-8-10-17(11-9-15)20-19-18(24(2)22(27)23-20)14-25(21(19)26)13-12-16-6-4-3-5-7-16/h3-11,20H,12-14H2,1-2H3,(H,23,27). The fraction of sp³-hybridized carbons (Fsp3) is 0.273. The van der Waals surface area contributed by atoms with Crippen LogP contribution in [0.4, 0.5) is 4.79 Å². The third-order valence-corrected chi connectivity index (χ3v) is 5.36. The number of carbonyl (C=O) groups excluding carboxylic acids is 2. The maximum absolute atomic E-state index is 13.2. The van der Waals surface area contributed by atoms with E-state index in [1.54, 1.807) is 11.9 Å². The fourth-order valence-corrected chi connectivity index (χ4v) is 3.72. The van der Waals surface area contributed by atoms with E-state index in [1.165, 1.54) is 5.56 Å². The van der Waals surface area contributed by atoms with Gasteiger partial charge in [0, 0.05) is 13.6 Å². The molecule has 0 fully saturated rings. The number of amides is 3. The highest BCUT2D eigenvalue weighted by molar-refractivity contribution is 6.01.